The van der Waals surface area contributed by atoms with Crippen LogP contribution in [0.25, 0.3) is 0 Å². The summed E-state index contributed by atoms with van der Waals surface area (Å²) in [5.74, 6) is 0.0197. The molecule has 0 bridgehead atoms. The fourth-order valence-electron chi connectivity index (χ4n) is 3.93. The van der Waals surface area contributed by atoms with Gasteiger partial charge in [0.2, 0.25) is 0 Å². The SMILES string of the molecule is O=C(c1cc2c([nH]c1=O)CCCC2)N1CCC[C@H](c2cnccn2)C1. The Labute approximate surface area is 146 Å². The Morgan fingerprint density at radius 1 is 1.20 bits per heavy atom. The van der Waals surface area contributed by atoms with Crippen molar-refractivity contribution in [2.45, 2.75) is 44.4 Å². The summed E-state index contributed by atoms with van der Waals surface area (Å²) in [7, 11) is 0. The Morgan fingerprint density at radius 2 is 2.08 bits per heavy atom. The number of aromatic amines is 1. The number of piperidine rings is 1. The molecule has 25 heavy (non-hydrogen) atoms. The number of hydrogen-bond acceptors (Lipinski definition) is 4. The van der Waals surface area contributed by atoms with Crippen LogP contribution in [0.1, 0.15) is 58.9 Å². The van der Waals surface area contributed by atoms with Crippen LogP contribution in [-0.2, 0) is 12.8 Å². The highest BCUT2D eigenvalue weighted by Gasteiger charge is 2.28. The number of aromatic nitrogens is 3. The van der Waals surface area contributed by atoms with E-state index in [9.17, 15) is 9.59 Å². The number of carbonyl (C=O) groups excluding carboxylic acids is 1. The monoisotopic (exact) mass is 338 g/mol. The van der Waals surface area contributed by atoms with Crippen molar-refractivity contribution in [2.24, 2.45) is 0 Å². The average molecular weight is 338 g/mol. The van der Waals surface area contributed by atoms with E-state index in [4.69, 9.17) is 0 Å². The van der Waals surface area contributed by atoms with E-state index in [-0.39, 0.29) is 22.9 Å². The predicted octanol–water partition coefficient (Wildman–Crippen LogP) is 2.06. The minimum atomic E-state index is -0.257. The zero-order valence-corrected chi connectivity index (χ0v) is 14.2. The standard InChI is InChI=1S/C19H22N4O2/c24-18-15(10-13-4-1-2-6-16(13)22-18)19(25)23-9-3-5-14(12-23)17-11-20-7-8-21-17/h7-8,10-11,14H,1-6,9,12H2,(H,22,24)/t14-/m0/s1. The van der Waals surface area contributed by atoms with Crippen LogP contribution in [0.3, 0.4) is 0 Å². The number of fused-ring (bicyclic) bond motifs is 1. The molecule has 6 nitrogen and oxygen atoms in total. The van der Waals surface area contributed by atoms with Gasteiger partial charge in [0.05, 0.1) is 5.69 Å². The largest absolute Gasteiger partial charge is 0.338 e. The van der Waals surface area contributed by atoms with Gasteiger partial charge in [0, 0.05) is 43.3 Å². The second-order valence-corrected chi connectivity index (χ2v) is 6.94. The summed E-state index contributed by atoms with van der Waals surface area (Å²) in [6.45, 7) is 1.28. The number of H-pyrrole nitrogens is 1. The van der Waals surface area contributed by atoms with Crippen molar-refractivity contribution >= 4 is 5.91 Å². The number of hydrogen-bond donors (Lipinski definition) is 1. The van der Waals surface area contributed by atoms with Gasteiger partial charge in [-0.3, -0.25) is 19.6 Å². The first-order valence-electron chi connectivity index (χ1n) is 9.02. The quantitative estimate of drug-likeness (QED) is 0.909. The normalized spacial score (nSPS) is 20.2. The summed E-state index contributed by atoms with van der Waals surface area (Å²) < 4.78 is 0. The molecule has 6 heteroatoms. The van der Waals surface area contributed by atoms with E-state index in [1.165, 1.54) is 0 Å². The van der Waals surface area contributed by atoms with Gasteiger partial charge in [0.25, 0.3) is 11.5 Å². The molecule has 0 saturated carbocycles. The molecule has 3 heterocycles. The minimum Gasteiger partial charge on any atom is -0.338 e. The Hall–Kier alpha value is -2.50. The first kappa shape index (κ1) is 16.0. The molecule has 1 atom stereocenters. The third-order valence-electron chi connectivity index (χ3n) is 5.28. The van der Waals surface area contributed by atoms with Crippen LogP contribution >= 0.6 is 0 Å². The van der Waals surface area contributed by atoms with Crippen molar-refractivity contribution in [3.8, 4) is 0 Å². The third-order valence-corrected chi connectivity index (χ3v) is 5.28. The lowest BCUT2D eigenvalue weighted by Gasteiger charge is -2.32. The van der Waals surface area contributed by atoms with Crippen LogP contribution in [0.5, 0.6) is 0 Å². The molecule has 1 amide bonds. The highest BCUT2D eigenvalue weighted by atomic mass is 16.2. The third kappa shape index (κ3) is 3.21. The zero-order chi connectivity index (χ0) is 17.2. The van der Waals surface area contributed by atoms with Gasteiger partial charge in [-0.25, -0.2) is 0 Å². The van der Waals surface area contributed by atoms with Crippen LogP contribution in [0.15, 0.2) is 29.5 Å². The zero-order valence-electron chi connectivity index (χ0n) is 14.2. The van der Waals surface area contributed by atoms with Crippen LogP contribution in [0.4, 0.5) is 0 Å². The number of pyridine rings is 1. The minimum absolute atomic E-state index is 0.164. The molecule has 0 spiro atoms. The molecule has 4 rings (SSSR count). The van der Waals surface area contributed by atoms with Gasteiger partial charge in [-0.15, -0.1) is 0 Å². The van der Waals surface area contributed by atoms with Crippen LogP contribution in [-0.4, -0.2) is 38.8 Å². The van der Waals surface area contributed by atoms with E-state index in [1.54, 1.807) is 23.5 Å². The van der Waals surface area contributed by atoms with Crippen LogP contribution in [0, 0.1) is 0 Å². The van der Waals surface area contributed by atoms with Gasteiger partial charge in [0.15, 0.2) is 0 Å². The lowest BCUT2D eigenvalue weighted by Crippen LogP contribution is -2.41. The number of likely N-dealkylation sites (tertiary alicyclic amines) is 1. The van der Waals surface area contributed by atoms with Crippen molar-refractivity contribution in [1.29, 1.82) is 0 Å². The van der Waals surface area contributed by atoms with Crippen molar-refractivity contribution in [3.05, 3.63) is 57.5 Å². The number of aryl methyl sites for hydroxylation is 2. The summed E-state index contributed by atoms with van der Waals surface area (Å²) >= 11 is 0. The molecule has 130 valence electrons. The molecule has 2 aromatic heterocycles. The number of nitrogens with zero attached hydrogens (tertiary/aromatic N) is 3. The van der Waals surface area contributed by atoms with Gasteiger partial charge < -0.3 is 9.88 Å². The van der Waals surface area contributed by atoms with Gasteiger partial charge in [-0.2, -0.15) is 0 Å². The highest BCUT2D eigenvalue weighted by Crippen LogP contribution is 2.26. The summed E-state index contributed by atoms with van der Waals surface area (Å²) in [4.78, 5) is 38.6. The first-order valence-corrected chi connectivity index (χ1v) is 9.02. The number of nitrogens with one attached hydrogen (secondary N) is 1. The number of carbonyl (C=O) groups is 1. The van der Waals surface area contributed by atoms with Gasteiger partial charge >= 0.3 is 0 Å². The van der Waals surface area contributed by atoms with Crippen LogP contribution < -0.4 is 5.56 Å². The summed E-state index contributed by atoms with van der Waals surface area (Å²) in [5.41, 5.74) is 3.06. The van der Waals surface area contributed by atoms with E-state index in [2.05, 4.69) is 15.0 Å². The summed E-state index contributed by atoms with van der Waals surface area (Å²) in [6, 6.07) is 1.82. The lowest BCUT2D eigenvalue weighted by atomic mass is 9.93. The average Bonchev–Trinajstić information content (AvgIpc) is 2.68. The van der Waals surface area contributed by atoms with Crippen LogP contribution in [0.2, 0.25) is 0 Å². The van der Waals surface area contributed by atoms with Crippen molar-refractivity contribution in [1.82, 2.24) is 19.9 Å². The Kier molecular flexibility index (Phi) is 4.34. The fraction of sp³-hybridized carbons (Fsp3) is 0.474. The fourth-order valence-corrected chi connectivity index (χ4v) is 3.93. The molecular weight excluding hydrogens is 316 g/mol. The smallest absolute Gasteiger partial charge is 0.261 e. The molecule has 1 aliphatic heterocycles. The van der Waals surface area contributed by atoms with E-state index >= 15 is 0 Å². The summed E-state index contributed by atoms with van der Waals surface area (Å²) in [6.07, 6.45) is 11.1. The van der Waals surface area contributed by atoms with Gasteiger partial charge in [-0.1, -0.05) is 0 Å². The van der Waals surface area contributed by atoms with Gasteiger partial charge in [0.1, 0.15) is 5.56 Å². The van der Waals surface area contributed by atoms with E-state index in [0.717, 1.165) is 55.5 Å². The number of amides is 1. The first-order chi connectivity index (χ1) is 12.2. The molecule has 0 radical (unpaired) electrons. The molecule has 1 saturated heterocycles. The predicted molar refractivity (Wildman–Crippen MR) is 93.6 cm³/mol. The molecule has 0 aromatic carbocycles. The van der Waals surface area contributed by atoms with Crippen molar-refractivity contribution in [2.75, 3.05) is 13.1 Å². The second-order valence-electron chi connectivity index (χ2n) is 6.94. The van der Waals surface area contributed by atoms with E-state index < -0.39 is 0 Å². The molecular formula is C19H22N4O2. The van der Waals surface area contributed by atoms with E-state index in [1.807, 2.05) is 6.07 Å². The second kappa shape index (κ2) is 6.78. The Morgan fingerprint density at radius 3 is 2.92 bits per heavy atom. The maximum absolute atomic E-state index is 13.0. The number of rotatable bonds is 2. The molecule has 2 aliphatic rings. The molecule has 2 aromatic rings. The van der Waals surface area contributed by atoms with E-state index in [0.29, 0.717) is 13.1 Å². The molecule has 1 fully saturated rings. The summed E-state index contributed by atoms with van der Waals surface area (Å²) in [5, 5.41) is 0. The lowest BCUT2D eigenvalue weighted by molar-refractivity contribution is 0.0703. The maximum Gasteiger partial charge on any atom is 0.261 e. The molecule has 0 unspecified atom stereocenters. The Bertz CT molecular complexity index is 831. The topological polar surface area (TPSA) is 79.0 Å². The van der Waals surface area contributed by atoms with Crippen molar-refractivity contribution < 1.29 is 4.79 Å². The highest BCUT2D eigenvalue weighted by molar-refractivity contribution is 5.94. The maximum atomic E-state index is 13.0. The van der Waals surface area contributed by atoms with Crippen molar-refractivity contribution in [3.63, 3.8) is 0 Å². The van der Waals surface area contributed by atoms with Gasteiger partial charge in [-0.05, 0) is 50.2 Å². The molecule has 1 N–H and O–H groups in total. The Balaban J connectivity index is 1.57. The molecule has 1 aliphatic carbocycles.